The Morgan fingerprint density at radius 3 is 2.26 bits per heavy atom. The first-order chi connectivity index (χ1) is 14.3. The number of benzene rings is 2. The zero-order valence-electron chi connectivity index (χ0n) is 18.4. The fraction of sp³-hybridized carbons (Fsp3) is 0.381. The molecular weight excluding hydrogens is 456 g/mol. The molecule has 2 amide bonds. The largest absolute Gasteiger partial charge is 0.543 e. The average molecular weight is 485 g/mol. The Hall–Kier alpha value is -2.23. The minimum Gasteiger partial charge on any atom is -0.543 e. The van der Waals surface area contributed by atoms with Crippen LogP contribution in [0.3, 0.4) is 0 Å². The van der Waals surface area contributed by atoms with Crippen molar-refractivity contribution in [1.29, 1.82) is 0 Å². The zero-order chi connectivity index (χ0) is 23.3. The number of carbonyl (C=O) groups is 1. The van der Waals surface area contributed by atoms with Crippen LogP contribution in [0, 0.1) is 0 Å². The topological polar surface area (TPSA) is 93.7 Å². The van der Waals surface area contributed by atoms with Gasteiger partial charge in [0.15, 0.2) is 0 Å². The monoisotopic (exact) mass is 484 g/mol. The Morgan fingerprint density at radius 2 is 1.68 bits per heavy atom. The molecule has 2 aromatic carbocycles. The second-order valence-corrected chi connectivity index (χ2v) is 15.1. The average Bonchev–Trinajstić information content (AvgIpc) is 2.67. The lowest BCUT2D eigenvalue weighted by atomic mass is 10.2. The van der Waals surface area contributed by atoms with E-state index >= 15 is 0 Å². The SMILES string of the molecule is CC(C)(C)[Si](C)(C)Oc1ccc(OS(=O)(=O)c2cccc(NC(=O)NCCCl)c2)cc1. The van der Waals surface area contributed by atoms with Crippen LogP contribution in [0.25, 0.3) is 0 Å². The van der Waals surface area contributed by atoms with Crippen molar-refractivity contribution < 1.29 is 21.8 Å². The van der Waals surface area contributed by atoms with Gasteiger partial charge >= 0.3 is 16.1 Å². The van der Waals surface area contributed by atoms with Crippen molar-refractivity contribution in [2.45, 2.75) is 43.8 Å². The maximum absolute atomic E-state index is 12.7. The molecule has 0 spiro atoms. The molecule has 0 aliphatic carbocycles. The molecule has 2 rings (SSSR count). The number of hydrogen-bond donors (Lipinski definition) is 2. The van der Waals surface area contributed by atoms with Crippen LogP contribution in [0.15, 0.2) is 53.4 Å². The Morgan fingerprint density at radius 1 is 1.06 bits per heavy atom. The summed E-state index contributed by atoms with van der Waals surface area (Å²) < 4.78 is 36.8. The fourth-order valence-electron chi connectivity index (χ4n) is 2.25. The summed E-state index contributed by atoms with van der Waals surface area (Å²) in [6.45, 7) is 11.0. The third kappa shape index (κ3) is 7.15. The van der Waals surface area contributed by atoms with Gasteiger partial charge in [0.1, 0.15) is 16.4 Å². The van der Waals surface area contributed by atoms with Gasteiger partial charge in [-0.3, -0.25) is 0 Å². The van der Waals surface area contributed by atoms with E-state index in [1.807, 2.05) is 0 Å². The number of halogens is 1. The lowest BCUT2D eigenvalue weighted by molar-refractivity contribution is 0.252. The van der Waals surface area contributed by atoms with Crippen molar-refractivity contribution in [2.75, 3.05) is 17.7 Å². The van der Waals surface area contributed by atoms with E-state index in [1.165, 1.54) is 18.2 Å². The van der Waals surface area contributed by atoms with Gasteiger partial charge in [-0.25, -0.2) is 4.79 Å². The minimum absolute atomic E-state index is 0.0471. The first kappa shape index (κ1) is 25.0. The number of hydrogen-bond acceptors (Lipinski definition) is 5. The Bertz CT molecular complexity index is 1010. The lowest BCUT2D eigenvalue weighted by Crippen LogP contribution is -2.43. The standard InChI is InChI=1S/C21H29ClN2O5SSi/c1-21(2,3)31(4,5)29-18-11-9-17(10-12-18)28-30(26,27)19-8-6-7-16(15-19)24-20(25)23-14-13-22/h6-12,15H,13-14H2,1-5H3,(H2,23,24,25). The van der Waals surface area contributed by atoms with Gasteiger partial charge in [-0.1, -0.05) is 26.8 Å². The van der Waals surface area contributed by atoms with Gasteiger partial charge in [-0.2, -0.15) is 8.42 Å². The van der Waals surface area contributed by atoms with Crippen molar-refractivity contribution in [2.24, 2.45) is 0 Å². The number of urea groups is 1. The Labute approximate surface area is 190 Å². The molecule has 0 aliphatic heterocycles. The molecule has 170 valence electrons. The van der Waals surface area contributed by atoms with Gasteiger partial charge < -0.3 is 19.2 Å². The van der Waals surface area contributed by atoms with E-state index in [-0.39, 0.29) is 21.6 Å². The van der Waals surface area contributed by atoms with Crippen molar-refractivity contribution in [3.8, 4) is 11.5 Å². The van der Waals surface area contributed by atoms with Crippen LogP contribution >= 0.6 is 11.6 Å². The number of rotatable bonds is 8. The summed E-state index contributed by atoms with van der Waals surface area (Å²) in [6.07, 6.45) is 0. The zero-order valence-corrected chi connectivity index (χ0v) is 20.9. The fourth-order valence-corrected chi connectivity index (χ4v) is 4.35. The Balaban J connectivity index is 2.10. The molecule has 10 heteroatoms. The summed E-state index contributed by atoms with van der Waals surface area (Å²) in [5, 5.41) is 5.14. The third-order valence-electron chi connectivity index (χ3n) is 4.97. The Kier molecular flexibility index (Phi) is 8.02. The van der Waals surface area contributed by atoms with E-state index in [0.29, 0.717) is 18.0 Å². The molecule has 0 heterocycles. The number of carbonyl (C=O) groups excluding carboxylic acids is 1. The molecule has 0 saturated carbocycles. The molecule has 0 aliphatic rings. The molecule has 0 saturated heterocycles. The highest BCUT2D eigenvalue weighted by Gasteiger charge is 2.38. The van der Waals surface area contributed by atoms with Gasteiger partial charge in [0.25, 0.3) is 0 Å². The van der Waals surface area contributed by atoms with Gasteiger partial charge in [0.05, 0.1) is 0 Å². The highest BCUT2D eigenvalue weighted by Crippen LogP contribution is 2.37. The summed E-state index contributed by atoms with van der Waals surface area (Å²) in [4.78, 5) is 11.7. The molecule has 7 nitrogen and oxygen atoms in total. The van der Waals surface area contributed by atoms with E-state index in [2.05, 4.69) is 44.5 Å². The normalized spacial score (nSPS) is 12.2. The lowest BCUT2D eigenvalue weighted by Gasteiger charge is -2.36. The molecular formula is C21H29ClN2O5SSi. The molecule has 2 aromatic rings. The quantitative estimate of drug-likeness (QED) is 0.305. The summed E-state index contributed by atoms with van der Waals surface area (Å²) >= 11 is 5.53. The van der Waals surface area contributed by atoms with Crippen LogP contribution < -0.4 is 19.2 Å². The van der Waals surface area contributed by atoms with Crippen LogP contribution in [-0.2, 0) is 10.1 Å². The molecule has 31 heavy (non-hydrogen) atoms. The van der Waals surface area contributed by atoms with Crippen molar-refractivity contribution in [3.05, 3.63) is 48.5 Å². The molecule has 0 fully saturated rings. The number of amides is 2. The van der Waals surface area contributed by atoms with Gasteiger partial charge in [0.2, 0.25) is 8.32 Å². The molecule has 0 unspecified atom stereocenters. The van der Waals surface area contributed by atoms with Crippen LogP contribution in [-0.4, -0.2) is 35.2 Å². The smallest absolute Gasteiger partial charge is 0.339 e. The highest BCUT2D eigenvalue weighted by atomic mass is 35.5. The van der Waals surface area contributed by atoms with E-state index < -0.39 is 24.5 Å². The maximum atomic E-state index is 12.7. The second-order valence-electron chi connectivity index (χ2n) is 8.47. The van der Waals surface area contributed by atoms with Crippen molar-refractivity contribution >= 4 is 41.8 Å². The predicted octanol–water partition coefficient (Wildman–Crippen LogP) is 5.20. The number of alkyl halides is 1. The van der Waals surface area contributed by atoms with Crippen LogP contribution in [0.4, 0.5) is 10.5 Å². The molecule has 2 N–H and O–H groups in total. The van der Waals surface area contributed by atoms with E-state index in [4.69, 9.17) is 20.2 Å². The third-order valence-corrected chi connectivity index (χ3v) is 10.8. The van der Waals surface area contributed by atoms with Crippen LogP contribution in [0.1, 0.15) is 20.8 Å². The van der Waals surface area contributed by atoms with Crippen LogP contribution in [0.5, 0.6) is 11.5 Å². The first-order valence-corrected chi connectivity index (χ1v) is 14.6. The summed E-state index contributed by atoms with van der Waals surface area (Å²) in [5.41, 5.74) is 0.315. The molecule has 0 aromatic heterocycles. The number of anilines is 1. The van der Waals surface area contributed by atoms with Gasteiger partial charge in [-0.05, 0) is 60.6 Å². The highest BCUT2D eigenvalue weighted by molar-refractivity contribution is 7.87. The van der Waals surface area contributed by atoms with Crippen molar-refractivity contribution in [3.63, 3.8) is 0 Å². The molecule has 0 bridgehead atoms. The van der Waals surface area contributed by atoms with Gasteiger partial charge in [-0.15, -0.1) is 11.6 Å². The van der Waals surface area contributed by atoms with Gasteiger partial charge in [0, 0.05) is 18.1 Å². The van der Waals surface area contributed by atoms with Crippen LogP contribution in [0.2, 0.25) is 18.1 Å². The van der Waals surface area contributed by atoms with Crippen molar-refractivity contribution in [1.82, 2.24) is 5.32 Å². The molecule has 0 radical (unpaired) electrons. The summed E-state index contributed by atoms with van der Waals surface area (Å²) in [7, 11) is -6.08. The van der Waals surface area contributed by atoms with E-state index in [0.717, 1.165) is 0 Å². The number of nitrogens with one attached hydrogen (secondary N) is 2. The molecule has 0 atom stereocenters. The maximum Gasteiger partial charge on any atom is 0.339 e. The second kappa shape index (κ2) is 9.93. The van der Waals surface area contributed by atoms with E-state index in [1.54, 1.807) is 30.3 Å². The first-order valence-electron chi connectivity index (χ1n) is 9.78. The summed E-state index contributed by atoms with van der Waals surface area (Å²) in [6, 6.07) is 11.8. The predicted molar refractivity (Wildman–Crippen MR) is 126 cm³/mol. The summed E-state index contributed by atoms with van der Waals surface area (Å²) in [5.74, 6) is 1.11. The minimum atomic E-state index is -4.08. The van der Waals surface area contributed by atoms with E-state index in [9.17, 15) is 13.2 Å².